The predicted molar refractivity (Wildman–Crippen MR) is 172 cm³/mol. The van der Waals surface area contributed by atoms with E-state index in [9.17, 15) is 0 Å². The highest BCUT2D eigenvalue weighted by atomic mass is 16.5. The van der Waals surface area contributed by atoms with Gasteiger partial charge in [-0.1, -0.05) is 58.9 Å². The van der Waals surface area contributed by atoms with Crippen molar-refractivity contribution < 1.29 is 13.6 Å². The second-order valence-corrected chi connectivity index (χ2v) is 12.6. The Labute approximate surface area is 258 Å². The van der Waals surface area contributed by atoms with Gasteiger partial charge in [0.15, 0.2) is 0 Å². The molecule has 7 heteroatoms. The number of hydrogen-bond acceptors (Lipinski definition) is 7. The Morgan fingerprint density at radius 3 is 1.82 bits per heavy atom. The molecule has 0 amide bonds. The summed E-state index contributed by atoms with van der Waals surface area (Å²) in [6.45, 7) is 13.3. The number of ether oxygens (including phenoxy) is 1. The first-order valence-corrected chi connectivity index (χ1v) is 15.3. The normalized spacial score (nSPS) is 18.2. The van der Waals surface area contributed by atoms with E-state index in [2.05, 4.69) is 78.6 Å². The molecule has 5 aromatic rings. The summed E-state index contributed by atoms with van der Waals surface area (Å²) in [6, 6.07) is 23.7. The quantitative estimate of drug-likeness (QED) is 0.159. The smallest absolute Gasteiger partial charge is 0.248 e. The van der Waals surface area contributed by atoms with Gasteiger partial charge in [-0.15, -0.1) is 26.1 Å². The molecule has 7 nitrogen and oxygen atoms in total. The van der Waals surface area contributed by atoms with E-state index < -0.39 is 0 Å². The third-order valence-corrected chi connectivity index (χ3v) is 8.53. The number of aromatic nitrogens is 4. The maximum atomic E-state index is 6.25. The molecule has 0 spiro atoms. The van der Waals surface area contributed by atoms with Crippen LogP contribution in [0.4, 0.5) is 0 Å². The third kappa shape index (κ3) is 6.43. The molecule has 0 aliphatic heterocycles. The van der Waals surface area contributed by atoms with Gasteiger partial charge < -0.3 is 13.6 Å². The van der Waals surface area contributed by atoms with Crippen LogP contribution in [0.1, 0.15) is 52.5 Å². The summed E-state index contributed by atoms with van der Waals surface area (Å²) >= 11 is 0. The van der Waals surface area contributed by atoms with Crippen molar-refractivity contribution >= 4 is 0 Å². The SMILES string of the molecule is C=C=CC1CC(CC)C(COc2cccc(-c3nnc(-c4ccc(-c5nnc(-c6ccc(C(C)(C)C)cc6)o5)cc4)o3)c2)C1. The molecule has 3 unspecified atom stereocenters. The Hall–Kier alpha value is -4.74. The fraction of sp³-hybridized carbons (Fsp3) is 0.324. The Kier molecular flexibility index (Phi) is 8.32. The fourth-order valence-corrected chi connectivity index (χ4v) is 5.97. The van der Waals surface area contributed by atoms with Gasteiger partial charge in [-0.25, -0.2) is 0 Å². The highest BCUT2D eigenvalue weighted by Crippen LogP contribution is 2.39. The molecule has 1 saturated carbocycles. The van der Waals surface area contributed by atoms with Gasteiger partial charge in [0, 0.05) is 22.3 Å². The Balaban J connectivity index is 1.11. The van der Waals surface area contributed by atoms with Crippen molar-refractivity contribution in [1.29, 1.82) is 0 Å². The van der Waals surface area contributed by atoms with E-state index in [1.54, 1.807) is 0 Å². The molecule has 0 N–H and O–H groups in total. The lowest BCUT2D eigenvalue weighted by Gasteiger charge is -2.18. The largest absolute Gasteiger partial charge is 0.493 e. The van der Waals surface area contributed by atoms with Crippen LogP contribution in [-0.2, 0) is 5.41 Å². The Morgan fingerprint density at radius 1 is 0.773 bits per heavy atom. The van der Waals surface area contributed by atoms with E-state index in [1.807, 2.05) is 60.7 Å². The molecule has 3 atom stereocenters. The van der Waals surface area contributed by atoms with Crippen molar-refractivity contribution in [2.45, 2.75) is 52.4 Å². The summed E-state index contributed by atoms with van der Waals surface area (Å²) in [5.41, 5.74) is 7.61. The maximum Gasteiger partial charge on any atom is 0.248 e. The summed E-state index contributed by atoms with van der Waals surface area (Å²) in [7, 11) is 0. The van der Waals surface area contributed by atoms with Crippen molar-refractivity contribution in [3.8, 4) is 51.6 Å². The molecule has 2 heterocycles. The van der Waals surface area contributed by atoms with E-state index in [1.165, 1.54) is 12.0 Å². The second-order valence-electron chi connectivity index (χ2n) is 12.6. The van der Waals surface area contributed by atoms with E-state index in [0.717, 1.165) is 40.8 Å². The van der Waals surface area contributed by atoms with Gasteiger partial charge in [-0.2, -0.15) is 0 Å². The summed E-state index contributed by atoms with van der Waals surface area (Å²) in [4.78, 5) is 0. The minimum Gasteiger partial charge on any atom is -0.493 e. The molecule has 1 aliphatic rings. The average Bonchev–Trinajstić information content (AvgIpc) is 3.81. The molecule has 1 fully saturated rings. The Bertz CT molecular complexity index is 1760. The molecular weight excluding hydrogens is 548 g/mol. The Morgan fingerprint density at radius 2 is 1.30 bits per heavy atom. The maximum absolute atomic E-state index is 6.25. The molecule has 0 radical (unpaired) electrons. The molecule has 0 bridgehead atoms. The van der Waals surface area contributed by atoms with Crippen LogP contribution >= 0.6 is 0 Å². The summed E-state index contributed by atoms with van der Waals surface area (Å²) < 4.78 is 18.3. The van der Waals surface area contributed by atoms with Crippen LogP contribution in [0.25, 0.3) is 45.8 Å². The average molecular weight is 587 g/mol. The van der Waals surface area contributed by atoms with Gasteiger partial charge >= 0.3 is 0 Å². The van der Waals surface area contributed by atoms with Gasteiger partial charge in [0.25, 0.3) is 0 Å². The number of benzene rings is 3. The van der Waals surface area contributed by atoms with Crippen molar-refractivity contribution in [3.05, 3.63) is 96.7 Å². The third-order valence-electron chi connectivity index (χ3n) is 8.53. The topological polar surface area (TPSA) is 87.1 Å². The van der Waals surface area contributed by atoms with Crippen LogP contribution in [0.15, 0.2) is 100 Å². The van der Waals surface area contributed by atoms with Crippen molar-refractivity contribution in [2.24, 2.45) is 17.8 Å². The summed E-state index contributed by atoms with van der Waals surface area (Å²) in [6.07, 6.45) is 5.56. The highest BCUT2D eigenvalue weighted by molar-refractivity contribution is 5.64. The monoisotopic (exact) mass is 586 g/mol. The molecule has 2 aromatic heterocycles. The van der Waals surface area contributed by atoms with Crippen LogP contribution in [0, 0.1) is 17.8 Å². The van der Waals surface area contributed by atoms with Crippen LogP contribution in [-0.4, -0.2) is 27.0 Å². The molecule has 6 rings (SSSR count). The van der Waals surface area contributed by atoms with E-state index in [-0.39, 0.29) is 5.41 Å². The number of hydrogen-bond donors (Lipinski definition) is 0. The van der Waals surface area contributed by atoms with Gasteiger partial charge in [0.2, 0.25) is 23.6 Å². The number of nitrogens with zero attached hydrogens (tertiary/aromatic N) is 4. The van der Waals surface area contributed by atoms with Gasteiger partial charge in [-0.05, 0) is 102 Å². The first-order valence-electron chi connectivity index (χ1n) is 15.3. The number of allylic oxidation sites excluding steroid dienone is 1. The van der Waals surface area contributed by atoms with Crippen LogP contribution in [0.2, 0.25) is 0 Å². The van der Waals surface area contributed by atoms with E-state index in [4.69, 9.17) is 13.6 Å². The summed E-state index contributed by atoms with van der Waals surface area (Å²) in [5.74, 6) is 4.33. The highest BCUT2D eigenvalue weighted by Gasteiger charge is 2.32. The van der Waals surface area contributed by atoms with Crippen LogP contribution in [0.3, 0.4) is 0 Å². The minimum absolute atomic E-state index is 0.0827. The van der Waals surface area contributed by atoms with Crippen LogP contribution < -0.4 is 4.74 Å². The molecule has 224 valence electrons. The zero-order valence-corrected chi connectivity index (χ0v) is 25.8. The van der Waals surface area contributed by atoms with Crippen molar-refractivity contribution in [2.75, 3.05) is 6.61 Å². The lowest BCUT2D eigenvalue weighted by Crippen LogP contribution is -2.16. The molecule has 44 heavy (non-hydrogen) atoms. The minimum atomic E-state index is 0.0827. The second kappa shape index (κ2) is 12.5. The van der Waals surface area contributed by atoms with Crippen molar-refractivity contribution in [1.82, 2.24) is 20.4 Å². The van der Waals surface area contributed by atoms with E-state index >= 15 is 0 Å². The molecule has 3 aromatic carbocycles. The predicted octanol–water partition coefficient (Wildman–Crippen LogP) is 9.19. The number of rotatable bonds is 9. The molecule has 0 saturated heterocycles. The van der Waals surface area contributed by atoms with Gasteiger partial charge in [-0.3, -0.25) is 0 Å². The first-order chi connectivity index (χ1) is 21.3. The lowest BCUT2D eigenvalue weighted by molar-refractivity contribution is 0.211. The fourth-order valence-electron chi connectivity index (χ4n) is 5.97. The molecular formula is C37H38N4O3. The molecule has 1 aliphatic carbocycles. The first kappa shape index (κ1) is 29.3. The van der Waals surface area contributed by atoms with Gasteiger partial charge in [0.1, 0.15) is 5.75 Å². The van der Waals surface area contributed by atoms with Crippen LogP contribution in [0.5, 0.6) is 5.75 Å². The van der Waals surface area contributed by atoms with E-state index in [0.29, 0.717) is 47.9 Å². The zero-order valence-electron chi connectivity index (χ0n) is 25.8. The lowest BCUT2D eigenvalue weighted by atomic mass is 9.87. The summed E-state index contributed by atoms with van der Waals surface area (Å²) in [5, 5.41) is 17.1. The van der Waals surface area contributed by atoms with Gasteiger partial charge in [0.05, 0.1) is 6.61 Å². The zero-order chi connectivity index (χ0) is 30.7. The standard InChI is InChI=1S/C37H38N4O3/c1-6-9-24-20-25(7-2)30(21-24)23-42-32-11-8-10-29(22-32)36-41-40-34(44-36)27-14-12-26(13-15-27)33-38-39-35(43-33)28-16-18-31(19-17-28)37(3,4)5/h8-19,22,24-25,30H,1,7,20-21,23H2,2-5H3. The van der Waals surface area contributed by atoms with Crippen molar-refractivity contribution in [3.63, 3.8) is 0 Å².